The average molecular weight is 503 g/mol. The number of fused-ring (bicyclic) bond motifs is 3. The molecular formula is C28H30N4O5. The van der Waals surface area contributed by atoms with Gasteiger partial charge in [0.05, 0.1) is 45.4 Å². The van der Waals surface area contributed by atoms with Gasteiger partial charge in [0.2, 0.25) is 5.75 Å². The summed E-state index contributed by atoms with van der Waals surface area (Å²) < 4.78 is 23.7. The summed E-state index contributed by atoms with van der Waals surface area (Å²) in [5.41, 5.74) is 5.45. The Kier molecular flexibility index (Phi) is 6.45. The first kappa shape index (κ1) is 24.5. The molecule has 0 N–H and O–H groups in total. The molecule has 0 radical (unpaired) electrons. The molecule has 9 nitrogen and oxygen atoms in total. The second-order valence-corrected chi connectivity index (χ2v) is 9.36. The van der Waals surface area contributed by atoms with Gasteiger partial charge in [0.1, 0.15) is 5.75 Å². The van der Waals surface area contributed by atoms with E-state index >= 15 is 0 Å². The highest BCUT2D eigenvalue weighted by atomic mass is 16.5. The highest BCUT2D eigenvalue weighted by molar-refractivity contribution is 5.97. The number of nitrogens with zero attached hydrogens (tertiary/aromatic N) is 4. The monoisotopic (exact) mass is 502 g/mol. The van der Waals surface area contributed by atoms with Gasteiger partial charge < -0.3 is 18.9 Å². The molecule has 192 valence electrons. The zero-order valence-electron chi connectivity index (χ0n) is 21.9. The van der Waals surface area contributed by atoms with Gasteiger partial charge in [0, 0.05) is 6.42 Å². The van der Waals surface area contributed by atoms with Crippen molar-refractivity contribution in [3.05, 3.63) is 59.0 Å². The lowest BCUT2D eigenvalue weighted by Gasteiger charge is -2.24. The molecule has 0 spiro atoms. The summed E-state index contributed by atoms with van der Waals surface area (Å²) in [6.45, 7) is 4.19. The summed E-state index contributed by atoms with van der Waals surface area (Å²) in [6.07, 6.45) is 0.864. The average Bonchev–Trinajstić information content (AvgIpc) is 3.32. The SMILES string of the molecule is COc1ccc(-c2c(C(C)C)nn3c4c(nnc23)C(=O)CC(c2cc(OC)c(OC)c(OC)c2)C4)cc1. The van der Waals surface area contributed by atoms with Crippen LogP contribution in [-0.4, -0.2) is 54.0 Å². The van der Waals surface area contributed by atoms with Gasteiger partial charge >= 0.3 is 0 Å². The molecule has 5 rings (SSSR count). The van der Waals surface area contributed by atoms with E-state index in [2.05, 4.69) is 24.0 Å². The molecule has 0 aliphatic heterocycles. The van der Waals surface area contributed by atoms with E-state index < -0.39 is 0 Å². The van der Waals surface area contributed by atoms with E-state index in [1.54, 1.807) is 33.0 Å². The highest BCUT2D eigenvalue weighted by Gasteiger charge is 2.33. The van der Waals surface area contributed by atoms with Crippen LogP contribution in [0.25, 0.3) is 16.8 Å². The van der Waals surface area contributed by atoms with Crippen molar-refractivity contribution in [3.63, 3.8) is 0 Å². The molecule has 0 amide bonds. The molecule has 4 aromatic rings. The molecule has 2 aromatic heterocycles. The van der Waals surface area contributed by atoms with Gasteiger partial charge in [-0.15, -0.1) is 10.2 Å². The highest BCUT2D eigenvalue weighted by Crippen LogP contribution is 2.43. The van der Waals surface area contributed by atoms with Crippen molar-refractivity contribution in [1.29, 1.82) is 0 Å². The van der Waals surface area contributed by atoms with Crippen LogP contribution >= 0.6 is 0 Å². The number of hydrogen-bond donors (Lipinski definition) is 0. The lowest BCUT2D eigenvalue weighted by molar-refractivity contribution is 0.0955. The summed E-state index contributed by atoms with van der Waals surface area (Å²) in [5.74, 6) is 2.35. The fraction of sp³-hybridized carbons (Fsp3) is 0.357. The van der Waals surface area contributed by atoms with Crippen molar-refractivity contribution in [2.45, 2.75) is 38.5 Å². The third-order valence-corrected chi connectivity index (χ3v) is 6.88. The number of benzene rings is 2. The Morgan fingerprint density at radius 3 is 2.14 bits per heavy atom. The third-order valence-electron chi connectivity index (χ3n) is 6.88. The number of carbonyl (C=O) groups is 1. The fourth-order valence-electron chi connectivity index (χ4n) is 5.00. The summed E-state index contributed by atoms with van der Waals surface area (Å²) in [6, 6.07) is 11.6. The normalized spacial score (nSPS) is 15.1. The van der Waals surface area contributed by atoms with E-state index in [-0.39, 0.29) is 17.6 Å². The van der Waals surface area contributed by atoms with Gasteiger partial charge in [-0.2, -0.15) is 5.10 Å². The fourth-order valence-corrected chi connectivity index (χ4v) is 5.00. The maximum absolute atomic E-state index is 13.3. The van der Waals surface area contributed by atoms with Crippen LogP contribution in [0.1, 0.15) is 59.5 Å². The molecule has 2 aromatic carbocycles. The van der Waals surface area contributed by atoms with Crippen molar-refractivity contribution in [3.8, 4) is 34.1 Å². The molecular weight excluding hydrogens is 472 g/mol. The number of ketones is 1. The van der Waals surface area contributed by atoms with Crippen molar-refractivity contribution in [1.82, 2.24) is 19.8 Å². The Bertz CT molecular complexity index is 1450. The van der Waals surface area contributed by atoms with Crippen LogP contribution in [0.15, 0.2) is 36.4 Å². The molecule has 0 saturated heterocycles. The summed E-state index contributed by atoms with van der Waals surface area (Å²) in [4.78, 5) is 13.3. The second kappa shape index (κ2) is 9.72. The Balaban J connectivity index is 1.65. The van der Waals surface area contributed by atoms with Crippen molar-refractivity contribution in [2.75, 3.05) is 28.4 Å². The molecule has 1 aliphatic carbocycles. The van der Waals surface area contributed by atoms with E-state index in [4.69, 9.17) is 24.0 Å². The Morgan fingerprint density at radius 2 is 1.57 bits per heavy atom. The van der Waals surface area contributed by atoms with E-state index in [1.165, 1.54) is 0 Å². The van der Waals surface area contributed by atoms with E-state index in [1.807, 2.05) is 36.4 Å². The van der Waals surface area contributed by atoms with Crippen LogP contribution in [0.2, 0.25) is 0 Å². The molecule has 0 fully saturated rings. The number of hydrogen-bond acceptors (Lipinski definition) is 8. The maximum atomic E-state index is 13.3. The standard InChI is InChI=1S/C28H30N4O5/c1-15(2)25-24(16-7-9-19(34-3)10-8-16)28-30-29-26-20(32(28)31-25)11-17(12-21(26)33)18-13-22(35-4)27(37-6)23(14-18)36-5/h7-10,13-15,17H,11-12H2,1-6H3. The predicted molar refractivity (Wildman–Crippen MR) is 138 cm³/mol. The summed E-state index contributed by atoms with van der Waals surface area (Å²) in [7, 11) is 6.38. The van der Waals surface area contributed by atoms with Gasteiger partial charge in [0.25, 0.3) is 0 Å². The van der Waals surface area contributed by atoms with E-state index in [9.17, 15) is 4.79 Å². The Labute approximate surface area is 215 Å². The number of carbonyl (C=O) groups excluding carboxylic acids is 1. The molecule has 1 unspecified atom stereocenters. The lowest BCUT2D eigenvalue weighted by Crippen LogP contribution is -2.24. The smallest absolute Gasteiger partial charge is 0.203 e. The lowest BCUT2D eigenvalue weighted by atomic mass is 9.83. The largest absolute Gasteiger partial charge is 0.497 e. The minimum absolute atomic E-state index is 0.0676. The van der Waals surface area contributed by atoms with Gasteiger partial charge in [-0.25, -0.2) is 4.52 Å². The minimum Gasteiger partial charge on any atom is -0.497 e. The van der Waals surface area contributed by atoms with Crippen molar-refractivity contribution in [2.24, 2.45) is 0 Å². The summed E-state index contributed by atoms with van der Waals surface area (Å²) in [5, 5.41) is 13.8. The third kappa shape index (κ3) is 4.14. The number of ether oxygens (including phenoxy) is 4. The number of rotatable bonds is 7. The quantitative estimate of drug-likeness (QED) is 0.353. The topological polar surface area (TPSA) is 97.1 Å². The maximum Gasteiger partial charge on any atom is 0.203 e. The van der Waals surface area contributed by atoms with Crippen LogP contribution in [0.5, 0.6) is 23.0 Å². The van der Waals surface area contributed by atoms with E-state index in [0.29, 0.717) is 41.4 Å². The second-order valence-electron chi connectivity index (χ2n) is 9.36. The molecule has 1 aliphatic rings. The van der Waals surface area contributed by atoms with E-state index in [0.717, 1.165) is 33.8 Å². The van der Waals surface area contributed by atoms with Crippen molar-refractivity contribution < 1.29 is 23.7 Å². The van der Waals surface area contributed by atoms with Gasteiger partial charge in [-0.1, -0.05) is 26.0 Å². The molecule has 2 heterocycles. The Hall–Kier alpha value is -4.14. The molecule has 1 atom stereocenters. The first-order valence-corrected chi connectivity index (χ1v) is 12.2. The minimum atomic E-state index is -0.114. The predicted octanol–water partition coefficient (Wildman–Crippen LogP) is 4.86. The summed E-state index contributed by atoms with van der Waals surface area (Å²) >= 11 is 0. The molecule has 37 heavy (non-hydrogen) atoms. The molecule has 0 bridgehead atoms. The van der Waals surface area contributed by atoms with Crippen LogP contribution < -0.4 is 18.9 Å². The first-order valence-electron chi connectivity index (χ1n) is 12.2. The molecule has 9 heteroatoms. The van der Waals surface area contributed by atoms with Crippen LogP contribution in [-0.2, 0) is 6.42 Å². The number of aromatic nitrogens is 4. The van der Waals surface area contributed by atoms with Crippen LogP contribution in [0, 0.1) is 0 Å². The van der Waals surface area contributed by atoms with Gasteiger partial charge in [0.15, 0.2) is 28.6 Å². The van der Waals surface area contributed by atoms with Crippen LogP contribution in [0.3, 0.4) is 0 Å². The zero-order chi connectivity index (χ0) is 26.3. The van der Waals surface area contributed by atoms with Crippen LogP contribution in [0.4, 0.5) is 0 Å². The zero-order valence-corrected chi connectivity index (χ0v) is 21.9. The molecule has 0 saturated carbocycles. The number of methoxy groups -OCH3 is 4. The van der Waals surface area contributed by atoms with Gasteiger partial charge in [-0.3, -0.25) is 4.79 Å². The van der Waals surface area contributed by atoms with Gasteiger partial charge in [-0.05, 0) is 53.6 Å². The number of Topliss-reactive ketones (excluding diaryl/α,β-unsaturated/α-hetero) is 1. The van der Waals surface area contributed by atoms with Crippen molar-refractivity contribution >= 4 is 11.4 Å². The Morgan fingerprint density at radius 1 is 0.892 bits per heavy atom. The first-order chi connectivity index (χ1) is 17.9.